The van der Waals surface area contributed by atoms with Crippen LogP contribution in [0.2, 0.25) is 0 Å². The molecule has 1 amide bonds. The monoisotopic (exact) mass is 336 g/mol. The topological polar surface area (TPSA) is 64.2 Å². The normalized spacial score (nSPS) is 14.6. The fourth-order valence-corrected chi connectivity index (χ4v) is 3.24. The van der Waals surface area contributed by atoms with Crippen molar-refractivity contribution < 1.29 is 9.32 Å². The first-order chi connectivity index (χ1) is 12.1. The Balaban J connectivity index is 1.37. The van der Waals surface area contributed by atoms with Crippen molar-refractivity contribution in [3.8, 4) is 11.3 Å². The number of nitrogens with zero attached hydrogens (tertiary/aromatic N) is 4. The van der Waals surface area contributed by atoms with Gasteiger partial charge in [-0.3, -0.25) is 9.48 Å². The summed E-state index contributed by atoms with van der Waals surface area (Å²) in [5.41, 5.74) is 4.14. The predicted molar refractivity (Wildman–Crippen MR) is 93.0 cm³/mol. The Morgan fingerprint density at radius 2 is 2.12 bits per heavy atom. The molecule has 3 heterocycles. The molecule has 0 spiro atoms. The van der Waals surface area contributed by atoms with Gasteiger partial charge >= 0.3 is 0 Å². The summed E-state index contributed by atoms with van der Waals surface area (Å²) in [5.74, 6) is 0.697. The van der Waals surface area contributed by atoms with E-state index in [4.69, 9.17) is 4.52 Å². The molecule has 0 N–H and O–H groups in total. The highest BCUT2D eigenvalue weighted by molar-refractivity contribution is 5.92. The lowest BCUT2D eigenvalue weighted by Gasteiger charge is -2.39. The van der Waals surface area contributed by atoms with E-state index >= 15 is 0 Å². The molecule has 2 aromatic heterocycles. The van der Waals surface area contributed by atoms with E-state index in [2.05, 4.69) is 41.4 Å². The van der Waals surface area contributed by atoms with Crippen LogP contribution < -0.4 is 0 Å². The average Bonchev–Trinajstić information content (AvgIpc) is 3.20. The maximum absolute atomic E-state index is 12.5. The van der Waals surface area contributed by atoms with Crippen molar-refractivity contribution in [1.29, 1.82) is 0 Å². The summed E-state index contributed by atoms with van der Waals surface area (Å²) in [6.45, 7) is 3.65. The zero-order valence-electron chi connectivity index (χ0n) is 14.3. The number of benzene rings is 1. The molecular formula is C19H20N4O2. The number of hydrogen-bond donors (Lipinski definition) is 0. The Bertz CT molecular complexity index is 906. The van der Waals surface area contributed by atoms with Gasteiger partial charge in [-0.25, -0.2) is 0 Å². The van der Waals surface area contributed by atoms with Gasteiger partial charge in [-0.2, -0.15) is 5.10 Å². The van der Waals surface area contributed by atoms with E-state index in [-0.39, 0.29) is 11.7 Å². The van der Waals surface area contributed by atoms with E-state index in [0.717, 1.165) is 25.1 Å². The molecule has 0 bridgehead atoms. The molecule has 1 aliphatic rings. The molecule has 1 aromatic carbocycles. The summed E-state index contributed by atoms with van der Waals surface area (Å²) in [4.78, 5) is 14.3. The molecule has 0 radical (unpaired) electrons. The van der Waals surface area contributed by atoms with Gasteiger partial charge in [0.25, 0.3) is 5.91 Å². The van der Waals surface area contributed by atoms with Gasteiger partial charge in [0.2, 0.25) is 5.76 Å². The van der Waals surface area contributed by atoms with Gasteiger partial charge in [-0.15, -0.1) is 0 Å². The smallest absolute Gasteiger partial charge is 0.292 e. The first kappa shape index (κ1) is 15.6. The third kappa shape index (κ3) is 3.07. The lowest BCUT2D eigenvalue weighted by Crippen LogP contribution is -2.50. The third-order valence-corrected chi connectivity index (χ3v) is 4.74. The van der Waals surface area contributed by atoms with Crippen molar-refractivity contribution in [3.05, 3.63) is 59.6 Å². The zero-order chi connectivity index (χ0) is 17.4. The highest BCUT2D eigenvalue weighted by atomic mass is 16.5. The number of aryl methyl sites for hydroxylation is 2. The molecule has 1 fully saturated rings. The number of carbonyl (C=O) groups is 1. The SMILES string of the molecule is Cc1ccccc1CC1CN(C(=O)c2cc(-c3cnn(C)c3)no2)C1. The highest BCUT2D eigenvalue weighted by Gasteiger charge is 2.33. The first-order valence-electron chi connectivity index (χ1n) is 8.39. The molecule has 6 heteroatoms. The van der Waals surface area contributed by atoms with Crippen molar-refractivity contribution in [3.63, 3.8) is 0 Å². The van der Waals surface area contributed by atoms with Crippen LogP contribution in [0.4, 0.5) is 0 Å². The van der Waals surface area contributed by atoms with Gasteiger partial charge in [-0.05, 0) is 30.4 Å². The van der Waals surface area contributed by atoms with Gasteiger partial charge in [0.1, 0.15) is 5.69 Å². The minimum atomic E-state index is -0.0938. The molecule has 0 saturated carbocycles. The molecular weight excluding hydrogens is 316 g/mol. The standard InChI is InChI=1S/C19H20N4O2/c1-13-5-3-4-6-15(13)7-14-10-23(11-14)19(24)18-8-17(21-25-18)16-9-20-22(2)12-16/h3-6,8-9,12,14H,7,10-11H2,1-2H3. The van der Waals surface area contributed by atoms with E-state index in [0.29, 0.717) is 11.6 Å². The van der Waals surface area contributed by atoms with E-state index in [9.17, 15) is 4.79 Å². The van der Waals surface area contributed by atoms with E-state index in [1.165, 1.54) is 11.1 Å². The number of carbonyl (C=O) groups excluding carboxylic acids is 1. The van der Waals surface area contributed by atoms with Gasteiger partial charge in [0.05, 0.1) is 6.20 Å². The maximum Gasteiger partial charge on any atom is 0.292 e. The Kier molecular flexibility index (Phi) is 3.87. The number of aromatic nitrogens is 3. The van der Waals surface area contributed by atoms with Gasteiger partial charge < -0.3 is 9.42 Å². The largest absolute Gasteiger partial charge is 0.350 e. The molecule has 1 aliphatic heterocycles. The second-order valence-electron chi connectivity index (χ2n) is 6.69. The molecule has 4 rings (SSSR count). The minimum Gasteiger partial charge on any atom is -0.350 e. The van der Waals surface area contributed by atoms with Crippen molar-refractivity contribution in [2.75, 3.05) is 13.1 Å². The van der Waals surface area contributed by atoms with Crippen molar-refractivity contribution in [2.45, 2.75) is 13.3 Å². The summed E-state index contributed by atoms with van der Waals surface area (Å²) in [6, 6.07) is 10.1. The first-order valence-corrected chi connectivity index (χ1v) is 8.39. The van der Waals surface area contributed by atoms with E-state index < -0.39 is 0 Å². The highest BCUT2D eigenvalue weighted by Crippen LogP contribution is 2.25. The van der Waals surface area contributed by atoms with Crippen molar-refractivity contribution in [1.82, 2.24) is 19.8 Å². The molecule has 1 saturated heterocycles. The van der Waals surface area contributed by atoms with Crippen LogP contribution in [0.3, 0.4) is 0 Å². The molecule has 0 atom stereocenters. The summed E-state index contributed by atoms with van der Waals surface area (Å²) in [7, 11) is 1.84. The second kappa shape index (κ2) is 6.20. The molecule has 3 aromatic rings. The predicted octanol–water partition coefficient (Wildman–Crippen LogP) is 2.70. The summed E-state index contributed by atoms with van der Waals surface area (Å²) < 4.78 is 6.93. The van der Waals surface area contributed by atoms with E-state index in [1.54, 1.807) is 16.9 Å². The Morgan fingerprint density at radius 1 is 1.32 bits per heavy atom. The number of rotatable bonds is 4. The number of hydrogen-bond acceptors (Lipinski definition) is 4. The van der Waals surface area contributed by atoms with Gasteiger partial charge in [0, 0.05) is 38.0 Å². The van der Waals surface area contributed by atoms with Crippen molar-refractivity contribution >= 4 is 5.91 Å². The fraction of sp³-hybridized carbons (Fsp3) is 0.316. The second-order valence-corrected chi connectivity index (χ2v) is 6.69. The minimum absolute atomic E-state index is 0.0938. The van der Waals surface area contributed by atoms with E-state index in [1.807, 2.05) is 18.1 Å². The Morgan fingerprint density at radius 3 is 2.84 bits per heavy atom. The lowest BCUT2D eigenvalue weighted by molar-refractivity contribution is 0.0460. The lowest BCUT2D eigenvalue weighted by atomic mass is 9.90. The zero-order valence-corrected chi connectivity index (χ0v) is 14.3. The Labute approximate surface area is 146 Å². The van der Waals surface area contributed by atoms with Crippen LogP contribution in [0, 0.1) is 12.8 Å². The summed E-state index contributed by atoms with van der Waals surface area (Å²) in [6.07, 6.45) is 4.55. The fourth-order valence-electron chi connectivity index (χ4n) is 3.24. The van der Waals surface area contributed by atoms with Crippen LogP contribution in [-0.2, 0) is 13.5 Å². The summed E-state index contributed by atoms with van der Waals surface area (Å²) >= 11 is 0. The van der Waals surface area contributed by atoms with Crippen molar-refractivity contribution in [2.24, 2.45) is 13.0 Å². The van der Waals surface area contributed by atoms with Crippen LogP contribution in [0.25, 0.3) is 11.3 Å². The number of likely N-dealkylation sites (tertiary alicyclic amines) is 1. The van der Waals surface area contributed by atoms with Crippen LogP contribution in [0.5, 0.6) is 0 Å². The maximum atomic E-state index is 12.5. The molecule has 0 aliphatic carbocycles. The third-order valence-electron chi connectivity index (χ3n) is 4.74. The summed E-state index contributed by atoms with van der Waals surface area (Å²) in [5, 5.41) is 8.09. The molecule has 6 nitrogen and oxygen atoms in total. The Hall–Kier alpha value is -2.89. The quantitative estimate of drug-likeness (QED) is 0.735. The van der Waals surface area contributed by atoms with Crippen LogP contribution in [0.15, 0.2) is 47.2 Å². The average molecular weight is 336 g/mol. The van der Waals surface area contributed by atoms with Gasteiger partial charge in [-0.1, -0.05) is 29.4 Å². The van der Waals surface area contributed by atoms with Gasteiger partial charge in [0.15, 0.2) is 0 Å². The molecule has 25 heavy (non-hydrogen) atoms. The van der Waals surface area contributed by atoms with Crippen LogP contribution in [-0.4, -0.2) is 38.8 Å². The molecule has 0 unspecified atom stereocenters. The number of amides is 1. The van der Waals surface area contributed by atoms with Crippen LogP contribution in [0.1, 0.15) is 21.7 Å². The molecule has 128 valence electrons. The van der Waals surface area contributed by atoms with Crippen LogP contribution >= 0.6 is 0 Å².